The fraction of sp³-hybridized carbons (Fsp3) is 0.577. The molecule has 3 N–H and O–H groups in total. The summed E-state index contributed by atoms with van der Waals surface area (Å²) in [5, 5.41) is 19.9. The number of hydrogen-bond acceptors (Lipinski definition) is 4. The van der Waals surface area contributed by atoms with Crippen LogP contribution in [0.1, 0.15) is 61.8 Å². The largest absolute Gasteiger partial charge is 0.465 e. The third-order valence-corrected chi connectivity index (χ3v) is 7.11. The average Bonchev–Trinajstić information content (AvgIpc) is 3.50. The Balaban J connectivity index is 0.000000257. The van der Waals surface area contributed by atoms with E-state index in [2.05, 4.69) is 52.4 Å². The van der Waals surface area contributed by atoms with Crippen molar-refractivity contribution < 1.29 is 14.7 Å². The van der Waals surface area contributed by atoms with Crippen LogP contribution in [0.15, 0.2) is 18.2 Å². The van der Waals surface area contributed by atoms with Crippen molar-refractivity contribution >= 4 is 22.9 Å². The summed E-state index contributed by atoms with van der Waals surface area (Å²) >= 11 is 0. The fourth-order valence-corrected chi connectivity index (χ4v) is 5.12. The summed E-state index contributed by atoms with van der Waals surface area (Å²) < 4.78 is 0. The van der Waals surface area contributed by atoms with Crippen LogP contribution in [-0.2, 0) is 24.3 Å². The molecule has 182 valence electrons. The van der Waals surface area contributed by atoms with Gasteiger partial charge in [-0.05, 0) is 57.5 Å². The molecule has 2 fully saturated rings. The Hall–Kier alpha value is -3.05. The van der Waals surface area contributed by atoms with Crippen LogP contribution < -0.4 is 5.32 Å². The maximum atomic E-state index is 12.9. The number of carbonyl (C=O) groups is 2. The summed E-state index contributed by atoms with van der Waals surface area (Å²) in [4.78, 5) is 30.8. The number of hydrogen-bond donors (Lipinski definition) is 3. The minimum absolute atomic E-state index is 0.268. The van der Waals surface area contributed by atoms with E-state index in [4.69, 9.17) is 10.4 Å². The average molecular weight is 466 g/mol. The van der Waals surface area contributed by atoms with Gasteiger partial charge in [0.15, 0.2) is 0 Å². The second kappa shape index (κ2) is 10.1. The number of amides is 2. The molecule has 2 aromatic rings. The number of nitrogens with one attached hydrogen (secondary N) is 2. The Kier molecular flexibility index (Phi) is 7.13. The van der Waals surface area contributed by atoms with Crippen molar-refractivity contribution in [3.63, 3.8) is 0 Å². The van der Waals surface area contributed by atoms with Gasteiger partial charge in [-0.25, -0.2) is 4.79 Å². The van der Waals surface area contributed by atoms with Crippen molar-refractivity contribution in [3.05, 3.63) is 35.0 Å². The second-order valence-electron chi connectivity index (χ2n) is 10.2. The highest BCUT2D eigenvalue weighted by Gasteiger charge is 2.44. The van der Waals surface area contributed by atoms with E-state index >= 15 is 0 Å². The van der Waals surface area contributed by atoms with E-state index in [0.29, 0.717) is 18.7 Å². The van der Waals surface area contributed by atoms with Crippen molar-refractivity contribution in [2.24, 2.45) is 5.92 Å². The molecular formula is C26H35N5O3. The Morgan fingerprint density at radius 3 is 2.59 bits per heavy atom. The van der Waals surface area contributed by atoms with Crippen LogP contribution >= 0.6 is 0 Å². The highest BCUT2D eigenvalue weighted by Crippen LogP contribution is 2.34. The molecule has 8 heteroatoms. The summed E-state index contributed by atoms with van der Waals surface area (Å²) in [6.07, 6.45) is 7.04. The van der Waals surface area contributed by atoms with Gasteiger partial charge in [-0.3, -0.25) is 4.79 Å². The van der Waals surface area contributed by atoms with Crippen molar-refractivity contribution in [2.75, 3.05) is 20.6 Å². The summed E-state index contributed by atoms with van der Waals surface area (Å²) in [6.45, 7) is 2.58. The quantitative estimate of drug-likeness (QED) is 0.632. The number of aromatic nitrogens is 1. The predicted octanol–water partition coefficient (Wildman–Crippen LogP) is 4.00. The van der Waals surface area contributed by atoms with Crippen LogP contribution in [-0.4, -0.2) is 58.1 Å². The van der Waals surface area contributed by atoms with Gasteiger partial charge in [-0.2, -0.15) is 5.26 Å². The maximum Gasteiger partial charge on any atom is 0.405 e. The summed E-state index contributed by atoms with van der Waals surface area (Å²) in [7, 11) is 4.20. The first-order chi connectivity index (χ1) is 16.3. The monoisotopic (exact) mass is 465 g/mol. The van der Waals surface area contributed by atoms with Crippen molar-refractivity contribution in [1.29, 1.82) is 5.26 Å². The van der Waals surface area contributed by atoms with Crippen molar-refractivity contribution in [1.82, 2.24) is 20.1 Å². The molecule has 2 heterocycles. The molecule has 0 unspecified atom stereocenters. The lowest BCUT2D eigenvalue weighted by molar-refractivity contribution is -0.137. The molecule has 2 amide bonds. The Bertz CT molecular complexity index is 1090. The van der Waals surface area contributed by atoms with Crippen LogP contribution in [0.25, 0.3) is 10.9 Å². The number of rotatable bonds is 4. The Morgan fingerprint density at radius 2 is 2.00 bits per heavy atom. The van der Waals surface area contributed by atoms with E-state index in [1.165, 1.54) is 47.0 Å². The number of nitrogens with zero attached hydrogens (tertiary/aromatic N) is 3. The number of benzene rings is 1. The van der Waals surface area contributed by atoms with Crippen LogP contribution in [0, 0.1) is 17.2 Å². The number of carboxylic acid groups (broad SMARTS) is 1. The minimum atomic E-state index is -1.12. The van der Waals surface area contributed by atoms with Gasteiger partial charge >= 0.3 is 6.09 Å². The number of H-pyrrole nitrogens is 1. The summed E-state index contributed by atoms with van der Waals surface area (Å²) in [6, 6.07) is 8.59. The Labute approximate surface area is 200 Å². The summed E-state index contributed by atoms with van der Waals surface area (Å²) in [5.74, 6) is 0.661. The maximum absolute atomic E-state index is 12.9. The third kappa shape index (κ3) is 5.53. The van der Waals surface area contributed by atoms with Gasteiger partial charge in [0, 0.05) is 54.1 Å². The highest BCUT2D eigenvalue weighted by molar-refractivity contribution is 5.87. The number of aromatic amines is 1. The molecule has 3 aliphatic rings. The first kappa shape index (κ1) is 24.1. The molecule has 2 saturated carbocycles. The SMILES string of the molecule is CN(C)Cc1ccc2[nH]c3c(c2c1)CN(C(=O)C1CCCCC1)CC3.N#CC1(NC(=O)O)CC1. The normalized spacial score (nSPS) is 19.1. The molecule has 0 bridgehead atoms. The van der Waals surface area contributed by atoms with Gasteiger partial charge in [0.1, 0.15) is 5.54 Å². The highest BCUT2D eigenvalue weighted by atomic mass is 16.4. The molecule has 0 saturated heterocycles. The smallest absolute Gasteiger partial charge is 0.405 e. The number of nitriles is 1. The lowest BCUT2D eigenvalue weighted by Crippen LogP contribution is -2.40. The molecule has 1 aliphatic heterocycles. The minimum Gasteiger partial charge on any atom is -0.465 e. The zero-order chi connectivity index (χ0) is 24.3. The predicted molar refractivity (Wildman–Crippen MR) is 130 cm³/mol. The van der Waals surface area contributed by atoms with Gasteiger partial charge in [-0.1, -0.05) is 25.3 Å². The first-order valence-electron chi connectivity index (χ1n) is 12.3. The standard InChI is InChI=1S/C21H29N3O.C5H6N2O2/c1-23(2)13-15-8-9-19-17(12-15)18-14-24(11-10-20(18)22-19)21(25)16-6-4-3-5-7-16;6-3-5(1-2-5)7-4(8)9/h8-9,12,16,22H,3-7,10-11,13-14H2,1-2H3;7H,1-2H2,(H,8,9). The Morgan fingerprint density at radius 1 is 1.26 bits per heavy atom. The van der Waals surface area contributed by atoms with Crippen LogP contribution in [0.2, 0.25) is 0 Å². The molecule has 34 heavy (non-hydrogen) atoms. The number of carbonyl (C=O) groups excluding carboxylic acids is 1. The second-order valence-corrected chi connectivity index (χ2v) is 10.2. The zero-order valence-corrected chi connectivity index (χ0v) is 20.2. The fourth-order valence-electron chi connectivity index (χ4n) is 5.12. The van der Waals surface area contributed by atoms with E-state index < -0.39 is 11.6 Å². The van der Waals surface area contributed by atoms with E-state index in [1.807, 2.05) is 6.07 Å². The lowest BCUT2D eigenvalue weighted by atomic mass is 9.87. The van der Waals surface area contributed by atoms with E-state index in [9.17, 15) is 9.59 Å². The molecular weight excluding hydrogens is 430 g/mol. The lowest BCUT2D eigenvalue weighted by Gasteiger charge is -2.32. The molecule has 8 nitrogen and oxygen atoms in total. The molecule has 0 atom stereocenters. The van der Waals surface area contributed by atoms with E-state index in [-0.39, 0.29) is 5.92 Å². The summed E-state index contributed by atoms with van der Waals surface area (Å²) in [5.41, 5.74) is 4.47. The van der Waals surface area contributed by atoms with Crippen LogP contribution in [0.3, 0.4) is 0 Å². The van der Waals surface area contributed by atoms with Gasteiger partial charge in [-0.15, -0.1) is 0 Å². The first-order valence-corrected chi connectivity index (χ1v) is 12.3. The van der Waals surface area contributed by atoms with Gasteiger partial charge in [0.25, 0.3) is 0 Å². The van der Waals surface area contributed by atoms with Crippen molar-refractivity contribution in [3.8, 4) is 6.07 Å². The molecule has 5 rings (SSSR count). The van der Waals surface area contributed by atoms with Crippen molar-refractivity contribution in [2.45, 2.75) is 70.0 Å². The van der Waals surface area contributed by atoms with Crippen LogP contribution in [0.4, 0.5) is 4.79 Å². The molecule has 1 aromatic carbocycles. The third-order valence-electron chi connectivity index (χ3n) is 7.11. The molecule has 0 radical (unpaired) electrons. The van der Waals surface area contributed by atoms with Gasteiger partial charge in [0.2, 0.25) is 5.91 Å². The van der Waals surface area contributed by atoms with Crippen LogP contribution in [0.5, 0.6) is 0 Å². The van der Waals surface area contributed by atoms with Gasteiger partial charge < -0.3 is 25.2 Å². The topological polar surface area (TPSA) is 112 Å². The number of fused-ring (bicyclic) bond motifs is 3. The molecule has 1 aromatic heterocycles. The van der Waals surface area contributed by atoms with E-state index in [0.717, 1.165) is 38.9 Å². The molecule has 0 spiro atoms. The molecule has 2 aliphatic carbocycles. The van der Waals surface area contributed by atoms with E-state index in [1.54, 1.807) is 0 Å². The van der Waals surface area contributed by atoms with Gasteiger partial charge in [0.05, 0.1) is 6.07 Å². The zero-order valence-electron chi connectivity index (χ0n) is 20.2.